The molecule has 0 amide bonds. The number of carboxylic acid groups (broad SMARTS) is 1. The molecule has 4 heteroatoms. The van der Waals surface area contributed by atoms with E-state index in [1.54, 1.807) is 13.8 Å². The monoisotopic (exact) mass is 300 g/mol. The van der Waals surface area contributed by atoms with Gasteiger partial charge in [0.2, 0.25) is 5.43 Å². The first-order valence-electron chi connectivity index (χ1n) is 8.75. The molecule has 22 heavy (non-hydrogen) atoms. The van der Waals surface area contributed by atoms with Crippen LogP contribution in [-0.2, 0) is 11.2 Å². The van der Waals surface area contributed by atoms with Crippen LogP contribution in [-0.4, -0.2) is 11.1 Å². The zero-order chi connectivity index (χ0) is 19.5. The molecule has 0 spiro atoms. The van der Waals surface area contributed by atoms with E-state index in [1.807, 2.05) is 0 Å². The van der Waals surface area contributed by atoms with Gasteiger partial charge in [-0.1, -0.05) is 12.1 Å². The summed E-state index contributed by atoms with van der Waals surface area (Å²) in [6, 6.07) is -1.02. The Kier molecular flexibility index (Phi) is 2.30. The fourth-order valence-corrected chi connectivity index (χ4v) is 2.43. The summed E-state index contributed by atoms with van der Waals surface area (Å²) in [7, 11) is 0. The molecule has 0 saturated heterocycles. The summed E-state index contributed by atoms with van der Waals surface area (Å²) in [5.41, 5.74) is 0.835. The van der Waals surface area contributed by atoms with Crippen molar-refractivity contribution in [3.05, 3.63) is 56.6 Å². The molecule has 112 valence electrons. The van der Waals surface area contributed by atoms with Gasteiger partial charge in [0.05, 0.1) is 22.7 Å². The highest BCUT2D eigenvalue weighted by atomic mass is 16.4. The molecule has 0 radical (unpaired) electrons. The fourth-order valence-electron chi connectivity index (χ4n) is 2.43. The van der Waals surface area contributed by atoms with Crippen LogP contribution in [0.2, 0.25) is 0 Å². The number of hydrogen-bond acceptors (Lipinski definition) is 3. The summed E-state index contributed by atoms with van der Waals surface area (Å²) in [6.07, 6.45) is -0.453. The lowest BCUT2D eigenvalue weighted by Crippen LogP contribution is -2.08. The maximum absolute atomic E-state index is 13.0. The van der Waals surface area contributed by atoms with E-state index in [0.717, 1.165) is 0 Å². The average molecular weight is 300 g/mol. The number of aliphatic carboxylic acids is 1. The summed E-state index contributed by atoms with van der Waals surface area (Å²) in [4.78, 5) is 24.3. The van der Waals surface area contributed by atoms with E-state index in [2.05, 4.69) is 0 Å². The van der Waals surface area contributed by atoms with Gasteiger partial charge < -0.3 is 9.52 Å². The highest BCUT2D eigenvalue weighted by Crippen LogP contribution is 2.27. The van der Waals surface area contributed by atoms with E-state index in [9.17, 15) is 14.7 Å². The molecule has 0 unspecified atom stereocenters. The van der Waals surface area contributed by atoms with E-state index >= 15 is 0 Å². The van der Waals surface area contributed by atoms with Gasteiger partial charge in [0, 0.05) is 5.56 Å². The van der Waals surface area contributed by atoms with Crippen LogP contribution in [0, 0.1) is 20.8 Å². The third-order valence-corrected chi connectivity index (χ3v) is 3.82. The maximum atomic E-state index is 13.0. The molecular formula is C18H16O4. The first-order valence-corrected chi connectivity index (χ1v) is 6.75. The van der Waals surface area contributed by atoms with E-state index < -0.39 is 17.8 Å². The molecule has 1 heterocycles. The van der Waals surface area contributed by atoms with Gasteiger partial charge in [-0.3, -0.25) is 9.59 Å². The van der Waals surface area contributed by atoms with E-state index in [0.29, 0.717) is 11.1 Å². The SMILES string of the molecule is [2H]c1c(C)c(C)c2oc3c(CC(=O)O)c(C)c([2H])c([2H])c3c(=O)c2c1[2H]. The minimum atomic E-state index is -1.15. The summed E-state index contributed by atoms with van der Waals surface area (Å²) < 4.78 is 38.2. The minimum Gasteiger partial charge on any atom is -0.481 e. The van der Waals surface area contributed by atoms with Gasteiger partial charge in [0.25, 0.3) is 0 Å². The van der Waals surface area contributed by atoms with Crippen molar-refractivity contribution >= 4 is 27.9 Å². The molecule has 3 rings (SSSR count). The van der Waals surface area contributed by atoms with Gasteiger partial charge in [-0.2, -0.15) is 0 Å². The Hall–Kier alpha value is -2.62. The zero-order valence-electron chi connectivity index (χ0n) is 16.4. The molecule has 0 aliphatic rings. The second kappa shape index (κ2) is 4.98. The second-order valence-electron chi connectivity index (χ2n) is 5.26. The summed E-state index contributed by atoms with van der Waals surface area (Å²) in [5, 5.41) is 8.85. The standard InChI is InChI=1S/C18H16O4/c1-9-4-6-12-16(21)13-7-5-10(2)14(8-15(19)20)18(13)22-17(12)11(9)3/h4-7H,8H2,1-3H3,(H,19,20)/i4D,5D,6D,7D. The molecule has 1 aromatic heterocycles. The largest absolute Gasteiger partial charge is 0.481 e. The van der Waals surface area contributed by atoms with Gasteiger partial charge in [-0.15, -0.1) is 0 Å². The van der Waals surface area contributed by atoms with Gasteiger partial charge >= 0.3 is 5.97 Å². The van der Waals surface area contributed by atoms with E-state index in [4.69, 9.17) is 9.90 Å². The highest BCUT2D eigenvalue weighted by Gasteiger charge is 2.16. The fraction of sp³-hybridized carbons (Fsp3) is 0.222. The molecular weight excluding hydrogens is 280 g/mol. The number of carbonyl (C=O) groups is 1. The van der Waals surface area contributed by atoms with Crippen molar-refractivity contribution in [1.29, 1.82) is 0 Å². The average Bonchev–Trinajstić information content (AvgIpc) is 2.58. The Labute approximate surface area is 132 Å². The lowest BCUT2D eigenvalue weighted by molar-refractivity contribution is -0.136. The molecule has 0 saturated carbocycles. The topological polar surface area (TPSA) is 67.5 Å². The molecule has 0 aliphatic carbocycles. The van der Waals surface area contributed by atoms with Crippen molar-refractivity contribution in [2.45, 2.75) is 27.2 Å². The van der Waals surface area contributed by atoms with E-state index in [1.165, 1.54) is 6.92 Å². The van der Waals surface area contributed by atoms with Gasteiger partial charge in [0.15, 0.2) is 0 Å². The van der Waals surface area contributed by atoms with Crippen LogP contribution < -0.4 is 5.43 Å². The normalized spacial score (nSPS) is 13.8. The Balaban J connectivity index is 2.70. The molecule has 0 bridgehead atoms. The molecule has 0 fully saturated rings. The summed E-state index contributed by atoms with van der Waals surface area (Å²) in [5.74, 6) is -1.15. The number of rotatable bonds is 2. The number of carboxylic acids is 1. The van der Waals surface area contributed by atoms with Crippen molar-refractivity contribution in [2.24, 2.45) is 0 Å². The predicted octanol–water partition coefficient (Wildman–Crippen LogP) is 3.50. The van der Waals surface area contributed by atoms with Gasteiger partial charge in [0.1, 0.15) is 11.2 Å². The van der Waals surface area contributed by atoms with Crippen molar-refractivity contribution in [1.82, 2.24) is 0 Å². The van der Waals surface area contributed by atoms with Crippen LogP contribution in [0.25, 0.3) is 21.9 Å². The first kappa shape index (κ1) is 10.2. The van der Waals surface area contributed by atoms with Gasteiger partial charge in [-0.25, -0.2) is 0 Å². The highest BCUT2D eigenvalue weighted by molar-refractivity contribution is 5.94. The van der Waals surface area contributed by atoms with Crippen LogP contribution in [0.1, 0.15) is 27.7 Å². The predicted molar refractivity (Wildman–Crippen MR) is 85.5 cm³/mol. The number of hydrogen-bond donors (Lipinski definition) is 1. The number of fused-ring (bicyclic) bond motifs is 2. The molecule has 0 aliphatic heterocycles. The van der Waals surface area contributed by atoms with Crippen molar-refractivity contribution in [3.8, 4) is 0 Å². The van der Waals surface area contributed by atoms with Crippen LogP contribution in [0.15, 0.2) is 33.4 Å². The van der Waals surface area contributed by atoms with Crippen LogP contribution in [0.5, 0.6) is 0 Å². The Morgan fingerprint density at radius 3 is 2.32 bits per heavy atom. The summed E-state index contributed by atoms with van der Waals surface area (Å²) >= 11 is 0. The molecule has 2 aromatic carbocycles. The first-order chi connectivity index (χ1) is 12.1. The van der Waals surface area contributed by atoms with Crippen LogP contribution in [0.4, 0.5) is 0 Å². The van der Waals surface area contributed by atoms with Crippen LogP contribution in [0.3, 0.4) is 0 Å². The van der Waals surface area contributed by atoms with E-state index in [-0.39, 0.29) is 57.2 Å². The smallest absolute Gasteiger partial charge is 0.307 e. The summed E-state index contributed by atoms with van der Waals surface area (Å²) in [6.45, 7) is 4.82. The molecule has 1 N–H and O–H groups in total. The third kappa shape index (κ3) is 2.08. The van der Waals surface area contributed by atoms with Crippen LogP contribution >= 0.6 is 0 Å². The Morgan fingerprint density at radius 1 is 1.09 bits per heavy atom. The molecule has 0 atom stereocenters. The number of aryl methyl sites for hydroxylation is 1. The number of benzene rings is 2. The van der Waals surface area contributed by atoms with Crippen molar-refractivity contribution in [2.75, 3.05) is 0 Å². The third-order valence-electron chi connectivity index (χ3n) is 3.82. The van der Waals surface area contributed by atoms with Gasteiger partial charge in [-0.05, 0) is 49.5 Å². The Morgan fingerprint density at radius 2 is 1.68 bits per heavy atom. The molecule has 4 nitrogen and oxygen atoms in total. The zero-order valence-corrected chi connectivity index (χ0v) is 12.4. The quantitative estimate of drug-likeness (QED) is 0.735. The second-order valence-corrected chi connectivity index (χ2v) is 5.26. The lowest BCUT2D eigenvalue weighted by Gasteiger charge is -2.10. The molecule has 3 aromatic rings. The van der Waals surface area contributed by atoms with Crippen molar-refractivity contribution in [3.63, 3.8) is 0 Å². The Bertz CT molecular complexity index is 1180. The minimum absolute atomic E-state index is 0.0389. The lowest BCUT2D eigenvalue weighted by atomic mass is 9.99. The maximum Gasteiger partial charge on any atom is 0.307 e. The van der Waals surface area contributed by atoms with Crippen molar-refractivity contribution < 1.29 is 19.8 Å².